The van der Waals surface area contributed by atoms with Gasteiger partial charge in [0.1, 0.15) is 5.75 Å². The maximum atomic E-state index is 12.4. The molecule has 0 aliphatic carbocycles. The third kappa shape index (κ3) is 5.99. The Hall–Kier alpha value is -2.39. The zero-order chi connectivity index (χ0) is 24.2. The van der Waals surface area contributed by atoms with Gasteiger partial charge in [-0.15, -0.1) is 22.7 Å². The Morgan fingerprint density at radius 2 is 1.79 bits per heavy atom. The third-order valence-electron chi connectivity index (χ3n) is 5.39. The summed E-state index contributed by atoms with van der Waals surface area (Å²) in [6, 6.07) is 15.2. The second kappa shape index (κ2) is 10.9. The van der Waals surface area contributed by atoms with E-state index in [0.717, 1.165) is 35.4 Å². The number of hydrogen-bond donors (Lipinski definition) is 1. The molecule has 0 saturated heterocycles. The van der Waals surface area contributed by atoms with E-state index >= 15 is 0 Å². The summed E-state index contributed by atoms with van der Waals surface area (Å²) in [6.45, 7) is 5.84. The van der Waals surface area contributed by atoms with Crippen molar-refractivity contribution in [3.63, 3.8) is 0 Å². The number of rotatable bonds is 9. The number of amides is 2. The Morgan fingerprint density at radius 3 is 2.44 bits per heavy atom. The van der Waals surface area contributed by atoms with Crippen molar-refractivity contribution in [2.75, 3.05) is 18.5 Å². The van der Waals surface area contributed by atoms with Crippen molar-refractivity contribution < 1.29 is 9.53 Å². The van der Waals surface area contributed by atoms with Gasteiger partial charge in [0.25, 0.3) is 0 Å². The first-order chi connectivity index (χ1) is 16.3. The number of thiophene rings is 2. The first kappa shape index (κ1) is 24.7. The molecule has 0 fully saturated rings. The number of likely N-dealkylation sites (N-methyl/N-ethyl adjacent to an activating group) is 1. The number of primary amides is 1. The van der Waals surface area contributed by atoms with Crippen molar-refractivity contribution in [3.8, 4) is 5.75 Å². The molecule has 0 radical (unpaired) electrons. The second-order valence-corrected chi connectivity index (χ2v) is 11.3. The van der Waals surface area contributed by atoms with E-state index in [-0.39, 0.29) is 6.10 Å². The monoisotopic (exact) mass is 557 g/mol. The molecule has 2 heterocycles. The molecule has 2 aromatic carbocycles. The van der Waals surface area contributed by atoms with Crippen LogP contribution in [-0.4, -0.2) is 30.6 Å². The SMILES string of the molecule is CC(C)Oc1ccc(N(C(N)=O)c2ccc3scc(CCN(C)Cc4cc(Br)cs4)c3c2)cc1. The number of benzene rings is 2. The Kier molecular flexibility index (Phi) is 7.93. The minimum absolute atomic E-state index is 0.0868. The van der Waals surface area contributed by atoms with Gasteiger partial charge in [-0.25, -0.2) is 4.79 Å². The minimum Gasteiger partial charge on any atom is -0.491 e. The van der Waals surface area contributed by atoms with Crippen LogP contribution in [0, 0.1) is 0 Å². The quantitative estimate of drug-likeness (QED) is 0.233. The Labute approximate surface area is 216 Å². The van der Waals surface area contributed by atoms with E-state index in [1.165, 1.54) is 20.5 Å². The first-order valence-electron chi connectivity index (χ1n) is 11.1. The number of halogens is 1. The normalized spacial score (nSPS) is 11.5. The number of ether oxygens (including phenoxy) is 1. The van der Waals surface area contributed by atoms with Gasteiger partial charge in [-0.2, -0.15) is 0 Å². The van der Waals surface area contributed by atoms with Crippen molar-refractivity contribution in [2.45, 2.75) is 32.9 Å². The Balaban J connectivity index is 1.53. The molecule has 2 aromatic heterocycles. The van der Waals surface area contributed by atoms with Crippen molar-refractivity contribution >= 4 is 66.1 Å². The summed E-state index contributed by atoms with van der Waals surface area (Å²) in [5.41, 5.74) is 8.55. The summed E-state index contributed by atoms with van der Waals surface area (Å²) in [6.07, 6.45) is 1.02. The molecule has 4 aromatic rings. The standard InChI is InChI=1S/C26H28BrN3O2S2/c1-17(2)32-22-7-4-20(5-8-22)30(26(28)31)21-6-9-25-24(13-21)18(15-34-25)10-11-29(3)14-23-12-19(27)16-33-23/h4-9,12-13,15-17H,10-11,14H2,1-3H3,(H2,28,31). The van der Waals surface area contributed by atoms with Gasteiger partial charge in [0.15, 0.2) is 0 Å². The predicted molar refractivity (Wildman–Crippen MR) is 148 cm³/mol. The second-order valence-electron chi connectivity index (χ2n) is 8.49. The van der Waals surface area contributed by atoms with Gasteiger partial charge in [0.05, 0.1) is 17.5 Å². The van der Waals surface area contributed by atoms with Gasteiger partial charge >= 0.3 is 6.03 Å². The van der Waals surface area contributed by atoms with Gasteiger partial charge in [-0.1, -0.05) is 0 Å². The highest BCUT2D eigenvalue weighted by atomic mass is 79.9. The topological polar surface area (TPSA) is 58.8 Å². The maximum absolute atomic E-state index is 12.4. The molecular weight excluding hydrogens is 530 g/mol. The van der Waals surface area contributed by atoms with Crippen LogP contribution in [-0.2, 0) is 13.0 Å². The van der Waals surface area contributed by atoms with E-state index in [4.69, 9.17) is 10.5 Å². The highest BCUT2D eigenvalue weighted by molar-refractivity contribution is 9.10. The number of nitrogens with zero attached hydrogens (tertiary/aromatic N) is 2. The lowest BCUT2D eigenvalue weighted by atomic mass is 10.1. The van der Waals surface area contributed by atoms with Crippen LogP contribution < -0.4 is 15.4 Å². The predicted octanol–water partition coefficient (Wildman–Crippen LogP) is 7.40. The molecule has 0 spiro atoms. The van der Waals surface area contributed by atoms with E-state index in [1.807, 2.05) is 44.2 Å². The number of nitrogens with two attached hydrogens (primary N) is 1. The van der Waals surface area contributed by atoms with Gasteiger partial charge in [-0.05, 0) is 108 Å². The average Bonchev–Trinajstić information content (AvgIpc) is 3.38. The Bertz CT molecular complexity index is 1270. The van der Waals surface area contributed by atoms with E-state index in [2.05, 4.69) is 56.8 Å². The Morgan fingerprint density at radius 1 is 1.06 bits per heavy atom. The van der Waals surface area contributed by atoms with E-state index in [9.17, 15) is 4.79 Å². The molecule has 2 amide bonds. The molecule has 8 heteroatoms. The number of urea groups is 1. The zero-order valence-electron chi connectivity index (χ0n) is 19.5. The lowest BCUT2D eigenvalue weighted by molar-refractivity contribution is 0.242. The fraction of sp³-hybridized carbons (Fsp3) is 0.269. The molecule has 34 heavy (non-hydrogen) atoms. The summed E-state index contributed by atoms with van der Waals surface area (Å²) in [5, 5.41) is 5.50. The fourth-order valence-electron chi connectivity index (χ4n) is 3.85. The number of fused-ring (bicyclic) bond motifs is 1. The summed E-state index contributed by atoms with van der Waals surface area (Å²) < 4.78 is 8.06. The van der Waals surface area contributed by atoms with Gasteiger partial charge in [-0.3, -0.25) is 4.90 Å². The number of carbonyl (C=O) groups is 1. The molecule has 178 valence electrons. The molecule has 0 aliphatic heterocycles. The lowest BCUT2D eigenvalue weighted by Gasteiger charge is -2.21. The van der Waals surface area contributed by atoms with Crippen LogP contribution in [0.5, 0.6) is 5.75 Å². The molecule has 5 nitrogen and oxygen atoms in total. The highest BCUT2D eigenvalue weighted by Crippen LogP contribution is 2.34. The van der Waals surface area contributed by atoms with E-state index < -0.39 is 6.03 Å². The summed E-state index contributed by atoms with van der Waals surface area (Å²) in [7, 11) is 2.15. The average molecular weight is 559 g/mol. The van der Waals surface area contributed by atoms with Crippen molar-refractivity contribution in [1.82, 2.24) is 4.90 Å². The lowest BCUT2D eigenvalue weighted by Crippen LogP contribution is -2.31. The van der Waals surface area contributed by atoms with Crippen LogP contribution in [0.1, 0.15) is 24.3 Å². The smallest absolute Gasteiger partial charge is 0.323 e. The molecule has 2 N–H and O–H groups in total. The third-order valence-corrected chi connectivity index (χ3v) is 8.09. The molecule has 0 atom stereocenters. The maximum Gasteiger partial charge on any atom is 0.323 e. The van der Waals surface area contributed by atoms with Crippen LogP contribution in [0.2, 0.25) is 0 Å². The summed E-state index contributed by atoms with van der Waals surface area (Å²) >= 11 is 7.03. The summed E-state index contributed by atoms with van der Waals surface area (Å²) in [4.78, 5) is 17.6. The van der Waals surface area contributed by atoms with Crippen LogP contribution in [0.25, 0.3) is 10.1 Å². The van der Waals surface area contributed by atoms with Crippen molar-refractivity contribution in [1.29, 1.82) is 0 Å². The van der Waals surface area contributed by atoms with Crippen LogP contribution in [0.4, 0.5) is 16.2 Å². The van der Waals surface area contributed by atoms with Crippen LogP contribution >= 0.6 is 38.6 Å². The molecule has 4 rings (SSSR count). The van der Waals surface area contributed by atoms with Gasteiger partial charge < -0.3 is 15.4 Å². The van der Waals surface area contributed by atoms with Crippen LogP contribution in [0.3, 0.4) is 0 Å². The minimum atomic E-state index is -0.518. The van der Waals surface area contributed by atoms with Crippen LogP contribution in [0.15, 0.2) is 63.8 Å². The van der Waals surface area contributed by atoms with E-state index in [1.54, 1.807) is 27.6 Å². The summed E-state index contributed by atoms with van der Waals surface area (Å²) in [5.74, 6) is 0.762. The first-order valence-corrected chi connectivity index (χ1v) is 13.6. The number of carbonyl (C=O) groups excluding carboxylic acids is 1. The largest absolute Gasteiger partial charge is 0.491 e. The van der Waals surface area contributed by atoms with Gasteiger partial charge in [0.2, 0.25) is 0 Å². The highest BCUT2D eigenvalue weighted by Gasteiger charge is 2.17. The molecular formula is C26H28BrN3O2S2. The fourth-order valence-corrected chi connectivity index (χ4v) is 6.35. The molecule has 0 unspecified atom stereocenters. The molecule has 0 bridgehead atoms. The number of anilines is 2. The molecule has 0 saturated carbocycles. The zero-order valence-corrected chi connectivity index (χ0v) is 22.7. The van der Waals surface area contributed by atoms with Gasteiger partial charge in [0, 0.05) is 32.5 Å². The van der Waals surface area contributed by atoms with Crippen molar-refractivity contribution in [3.05, 3.63) is 74.2 Å². The number of hydrogen-bond acceptors (Lipinski definition) is 5. The molecule has 0 aliphatic rings. The van der Waals surface area contributed by atoms with Crippen molar-refractivity contribution in [2.24, 2.45) is 5.73 Å². The van der Waals surface area contributed by atoms with E-state index in [0.29, 0.717) is 5.69 Å².